The number of nitrogens with one attached hydrogen (secondary N) is 2. The summed E-state index contributed by atoms with van der Waals surface area (Å²) in [6.45, 7) is 3.92. The van der Waals surface area contributed by atoms with Crippen LogP contribution in [0.2, 0.25) is 0 Å². The van der Waals surface area contributed by atoms with Gasteiger partial charge in [-0.2, -0.15) is 5.10 Å². The number of hydrazine groups is 1. The number of aromatic amines is 1. The van der Waals surface area contributed by atoms with E-state index in [1.54, 1.807) is 6.20 Å². The second kappa shape index (κ2) is 10.6. The van der Waals surface area contributed by atoms with Crippen molar-refractivity contribution in [1.29, 1.82) is 0 Å². The summed E-state index contributed by atoms with van der Waals surface area (Å²) in [5.74, 6) is 4.06. The predicted octanol–water partition coefficient (Wildman–Crippen LogP) is 3.98. The third kappa shape index (κ3) is 4.61. The Balaban J connectivity index is 1.39. The average Bonchev–Trinajstić information content (AvgIpc) is 3.68. The van der Waals surface area contributed by atoms with Crippen molar-refractivity contribution in [2.75, 3.05) is 6.61 Å². The van der Waals surface area contributed by atoms with E-state index in [0.717, 1.165) is 16.7 Å². The number of hydrogen-bond donors (Lipinski definition) is 3. The Morgan fingerprint density at radius 1 is 0.925 bits per heavy atom. The van der Waals surface area contributed by atoms with Gasteiger partial charge in [0.1, 0.15) is 35.7 Å². The first-order valence-electron chi connectivity index (χ1n) is 13.3. The van der Waals surface area contributed by atoms with Gasteiger partial charge in [0.05, 0.1) is 12.8 Å². The molecular formula is C31H32N4O5. The lowest BCUT2D eigenvalue weighted by atomic mass is 9.80. The molecule has 6 rings (SSSR count). The van der Waals surface area contributed by atoms with Crippen molar-refractivity contribution in [1.82, 2.24) is 15.6 Å². The van der Waals surface area contributed by atoms with Crippen LogP contribution < -0.4 is 11.3 Å². The molecule has 4 N–H and O–H groups in total. The molecule has 0 unspecified atom stereocenters. The molecule has 1 aromatic heterocycles. The Hall–Kier alpha value is -3.86. The first kappa shape index (κ1) is 26.4. The highest BCUT2D eigenvalue weighted by Crippen LogP contribution is 2.47. The molecule has 9 nitrogen and oxygen atoms in total. The largest absolute Gasteiger partial charge is 0.362 e. The second-order valence-corrected chi connectivity index (χ2v) is 10.4. The Labute approximate surface area is 232 Å². The first-order valence-corrected chi connectivity index (χ1v) is 13.3. The summed E-state index contributed by atoms with van der Waals surface area (Å²) in [6, 6.07) is 30.5. The fourth-order valence-electron chi connectivity index (χ4n) is 5.81. The third-order valence-corrected chi connectivity index (χ3v) is 7.49. The molecule has 3 aromatic carbocycles. The highest BCUT2D eigenvalue weighted by molar-refractivity contribution is 5.93. The van der Waals surface area contributed by atoms with E-state index in [1.807, 2.05) is 68.4 Å². The lowest BCUT2D eigenvalue weighted by Crippen LogP contribution is -2.39. The van der Waals surface area contributed by atoms with Crippen LogP contribution in [0, 0.1) is 0 Å². The number of carbonyl (C=O) groups is 1. The summed E-state index contributed by atoms with van der Waals surface area (Å²) in [6.07, 6.45) is -0.484. The fraction of sp³-hybridized carbons (Fsp3) is 0.290. The minimum absolute atomic E-state index is 0.187. The van der Waals surface area contributed by atoms with Gasteiger partial charge in [0, 0.05) is 5.56 Å². The summed E-state index contributed by atoms with van der Waals surface area (Å²) in [4.78, 5) is 12.4. The number of nitrogen functional groups attached to an aromatic ring is 1. The molecule has 9 heteroatoms. The third-order valence-electron chi connectivity index (χ3n) is 7.49. The first-order chi connectivity index (χ1) is 19.4. The zero-order valence-electron chi connectivity index (χ0n) is 22.3. The average molecular weight is 541 g/mol. The van der Waals surface area contributed by atoms with E-state index in [-0.39, 0.29) is 12.3 Å². The number of benzene rings is 3. The maximum atomic E-state index is 12.4. The summed E-state index contributed by atoms with van der Waals surface area (Å²) in [5, 5.41) is 6.79. The quantitative estimate of drug-likeness (QED) is 0.134. The van der Waals surface area contributed by atoms with Crippen molar-refractivity contribution >= 4 is 5.91 Å². The number of amides is 1. The zero-order chi connectivity index (χ0) is 27.7. The van der Waals surface area contributed by atoms with Crippen molar-refractivity contribution < 1.29 is 23.7 Å². The van der Waals surface area contributed by atoms with Crippen molar-refractivity contribution in [3.63, 3.8) is 0 Å². The maximum absolute atomic E-state index is 12.4. The Morgan fingerprint density at radius 2 is 1.45 bits per heavy atom. The Morgan fingerprint density at radius 3 is 1.98 bits per heavy atom. The van der Waals surface area contributed by atoms with Crippen molar-refractivity contribution in [3.05, 3.63) is 125 Å². The minimum atomic E-state index is -0.921. The van der Waals surface area contributed by atoms with Crippen LogP contribution in [0.3, 0.4) is 0 Å². The van der Waals surface area contributed by atoms with Crippen LogP contribution in [0.4, 0.5) is 0 Å². The molecule has 2 fully saturated rings. The molecule has 0 spiro atoms. The zero-order valence-corrected chi connectivity index (χ0v) is 22.3. The van der Waals surface area contributed by atoms with Gasteiger partial charge in [-0.25, -0.2) is 5.84 Å². The number of nitrogens with zero attached hydrogens (tertiary/aromatic N) is 1. The topological polar surface area (TPSA) is 121 Å². The number of nitrogens with two attached hydrogens (primary N) is 1. The maximum Gasteiger partial charge on any atom is 0.283 e. The predicted molar refractivity (Wildman–Crippen MR) is 147 cm³/mol. The smallest absolute Gasteiger partial charge is 0.283 e. The summed E-state index contributed by atoms with van der Waals surface area (Å²) < 4.78 is 26.2. The molecule has 40 heavy (non-hydrogen) atoms. The van der Waals surface area contributed by atoms with Gasteiger partial charge in [0.2, 0.25) is 0 Å². The summed E-state index contributed by atoms with van der Waals surface area (Å²) in [7, 11) is 0. The number of ether oxygens (including phenoxy) is 4. The minimum Gasteiger partial charge on any atom is -0.362 e. The molecular weight excluding hydrogens is 508 g/mol. The van der Waals surface area contributed by atoms with Crippen LogP contribution >= 0.6 is 0 Å². The monoisotopic (exact) mass is 540 g/mol. The molecule has 0 aliphatic carbocycles. The van der Waals surface area contributed by atoms with Gasteiger partial charge < -0.3 is 18.9 Å². The van der Waals surface area contributed by atoms with Crippen LogP contribution in [0.25, 0.3) is 0 Å². The second-order valence-electron chi connectivity index (χ2n) is 10.4. The fourth-order valence-corrected chi connectivity index (χ4v) is 5.81. The van der Waals surface area contributed by atoms with Gasteiger partial charge in [-0.1, -0.05) is 91.0 Å². The highest BCUT2D eigenvalue weighted by Gasteiger charge is 2.57. The van der Waals surface area contributed by atoms with Gasteiger partial charge in [0.15, 0.2) is 5.79 Å². The SMILES string of the molecule is CC1(C)O[C@@H]2[C@H](O1)[C@@H](COC(c1ccccc1)(c1ccccc1)c1ccccc1)O[C@H]2c1cn[nH]c1C(=O)NN. The van der Waals surface area contributed by atoms with Crippen LogP contribution in [0.1, 0.15) is 52.7 Å². The molecule has 0 bridgehead atoms. The van der Waals surface area contributed by atoms with E-state index in [9.17, 15) is 4.79 Å². The summed E-state index contributed by atoms with van der Waals surface area (Å²) in [5.41, 5.74) is 4.95. The van der Waals surface area contributed by atoms with Crippen LogP contribution in [-0.2, 0) is 24.5 Å². The van der Waals surface area contributed by atoms with Crippen LogP contribution in [-0.4, -0.2) is 46.8 Å². The number of carbonyl (C=O) groups excluding carboxylic acids is 1. The number of hydrogen-bond acceptors (Lipinski definition) is 7. The van der Waals surface area contributed by atoms with Gasteiger partial charge in [-0.05, 0) is 30.5 Å². The Bertz CT molecular complexity index is 1350. The van der Waals surface area contributed by atoms with E-state index in [0.29, 0.717) is 5.56 Å². The van der Waals surface area contributed by atoms with E-state index in [4.69, 9.17) is 24.8 Å². The molecule has 206 valence electrons. The lowest BCUT2D eigenvalue weighted by molar-refractivity contribution is -0.196. The lowest BCUT2D eigenvalue weighted by Gasteiger charge is -2.37. The molecule has 1 amide bonds. The van der Waals surface area contributed by atoms with Crippen molar-refractivity contribution in [2.45, 2.75) is 49.7 Å². The van der Waals surface area contributed by atoms with E-state index in [2.05, 4.69) is 52.0 Å². The molecule has 4 atom stereocenters. The number of fused-ring (bicyclic) bond motifs is 1. The molecule has 2 aliphatic heterocycles. The molecule has 2 saturated heterocycles. The van der Waals surface area contributed by atoms with E-state index < -0.39 is 41.7 Å². The summed E-state index contributed by atoms with van der Waals surface area (Å²) >= 11 is 0. The van der Waals surface area contributed by atoms with Crippen LogP contribution in [0.15, 0.2) is 97.2 Å². The van der Waals surface area contributed by atoms with Crippen molar-refractivity contribution in [3.8, 4) is 0 Å². The van der Waals surface area contributed by atoms with Gasteiger partial charge >= 0.3 is 0 Å². The standard InChI is InChI=1S/C31H32N4O5/c1-30(2)39-27-24(38-26(28(27)40-30)23-18-33-35-25(23)29(36)34-32)19-37-31(20-12-6-3-7-13-20,21-14-8-4-9-15-21)22-16-10-5-11-17-22/h3-18,24,26-28H,19,32H2,1-2H3,(H,33,35)(H,34,36)/t24-,26+,27-,28+/m1/s1. The highest BCUT2D eigenvalue weighted by atomic mass is 16.8. The van der Waals surface area contributed by atoms with E-state index >= 15 is 0 Å². The number of rotatable bonds is 8. The van der Waals surface area contributed by atoms with Gasteiger partial charge in [-0.3, -0.25) is 15.3 Å². The van der Waals surface area contributed by atoms with Crippen LogP contribution in [0.5, 0.6) is 0 Å². The van der Waals surface area contributed by atoms with Gasteiger partial charge in [0.25, 0.3) is 5.91 Å². The van der Waals surface area contributed by atoms with Crippen molar-refractivity contribution in [2.24, 2.45) is 5.84 Å². The Kier molecular flexibility index (Phi) is 6.99. The van der Waals surface area contributed by atoms with E-state index in [1.165, 1.54) is 0 Å². The molecule has 2 aliphatic rings. The molecule has 0 saturated carbocycles. The molecule has 3 heterocycles. The van der Waals surface area contributed by atoms with Gasteiger partial charge in [-0.15, -0.1) is 0 Å². The molecule has 0 radical (unpaired) electrons. The number of H-pyrrole nitrogens is 1. The number of aromatic nitrogens is 2. The molecule has 4 aromatic rings. The normalized spacial score (nSPS) is 23.6.